The zero-order chi connectivity index (χ0) is 8.27. The molecule has 0 saturated carbocycles. The van der Waals surface area contributed by atoms with Crippen molar-refractivity contribution in [3.8, 4) is 0 Å². The van der Waals surface area contributed by atoms with Crippen molar-refractivity contribution in [1.29, 1.82) is 0 Å². The van der Waals surface area contributed by atoms with E-state index in [1.165, 1.54) is 12.5 Å². The summed E-state index contributed by atoms with van der Waals surface area (Å²) in [6.07, 6.45) is 3.22. The first-order valence-corrected chi connectivity index (χ1v) is 3.14. The molecule has 1 atom stereocenters. The molecule has 1 radical (unpaired) electrons. The predicted molar refractivity (Wildman–Crippen MR) is 35.3 cm³/mol. The number of carbonyl (C=O) groups excluding carboxylic acids is 1. The zero-order valence-corrected chi connectivity index (χ0v) is 7.02. The number of nitrogens with two attached hydrogens (primary N) is 1. The van der Waals surface area contributed by atoms with Gasteiger partial charge in [0.05, 0.1) is 12.3 Å². The summed E-state index contributed by atoms with van der Waals surface area (Å²) in [5.74, 6) is -1.25. The first-order chi connectivity index (χ1) is 5.20. The van der Waals surface area contributed by atoms with Gasteiger partial charge in [-0.05, 0) is 0 Å². The van der Waals surface area contributed by atoms with Crippen LogP contribution in [0.1, 0.15) is 5.69 Å². The van der Waals surface area contributed by atoms with Crippen molar-refractivity contribution in [2.75, 3.05) is 0 Å². The van der Waals surface area contributed by atoms with Gasteiger partial charge in [0.1, 0.15) is 0 Å². The Bertz CT molecular complexity index is 237. The van der Waals surface area contributed by atoms with Crippen LogP contribution in [0, 0.1) is 0 Å². The Morgan fingerprint density at radius 3 is 2.92 bits per heavy atom. The van der Waals surface area contributed by atoms with Gasteiger partial charge in [-0.3, -0.25) is 0 Å². The molecule has 69 valence electrons. The molecule has 1 aromatic rings. The van der Waals surface area contributed by atoms with Gasteiger partial charge in [0.25, 0.3) is 0 Å². The summed E-state index contributed by atoms with van der Waals surface area (Å²) in [6, 6.07) is -0.963. The number of hydrogen-bond acceptors (Lipinski definition) is 4. The van der Waals surface area contributed by atoms with E-state index >= 15 is 0 Å². The van der Waals surface area contributed by atoms with Crippen LogP contribution in [0.3, 0.4) is 0 Å². The normalized spacial score (nSPS) is 11.8. The number of aromatic nitrogens is 2. The molecule has 1 rings (SSSR count). The third-order valence-electron chi connectivity index (χ3n) is 1.30. The number of rotatable bonds is 3. The average Bonchev–Trinajstić information content (AvgIpc) is 2.39. The average molecular weight is 218 g/mol. The maximum absolute atomic E-state index is 10.2. The summed E-state index contributed by atoms with van der Waals surface area (Å²) >= 11 is 0. The Balaban J connectivity index is 0.00000121. The van der Waals surface area contributed by atoms with Crippen molar-refractivity contribution in [1.82, 2.24) is 9.97 Å². The van der Waals surface area contributed by atoms with Crippen LogP contribution in [-0.2, 0) is 28.3 Å². The molecule has 0 amide bonds. The number of imidazole rings is 1. The van der Waals surface area contributed by atoms with Crippen LogP contribution in [0.4, 0.5) is 0 Å². The summed E-state index contributed by atoms with van der Waals surface area (Å²) in [5, 5.41) is 10.2. The standard InChI is InChI=1S/C6H9N3O2.Cu/c7-5(6(10)11)1-4-2-8-3-9-4;/h2-3,5H,1,7H2,(H,8,9)(H,10,11);/q;+2/p-1/t5-;/m1./s1. The summed E-state index contributed by atoms with van der Waals surface area (Å²) in [6.45, 7) is 0. The maximum Gasteiger partial charge on any atom is 2.00 e. The number of carboxylic acid groups (broad SMARTS) is 1. The van der Waals surface area contributed by atoms with Gasteiger partial charge in [-0.2, -0.15) is 0 Å². The number of carbonyl (C=O) groups is 1. The number of hydrogen-bond donors (Lipinski definition) is 2. The Labute approximate surface area is 79.8 Å². The molecule has 0 bridgehead atoms. The van der Waals surface area contributed by atoms with Crippen LogP contribution in [0.2, 0.25) is 0 Å². The predicted octanol–water partition coefficient (Wildman–Crippen LogP) is -1.97. The van der Waals surface area contributed by atoms with Crippen LogP contribution < -0.4 is 10.8 Å². The van der Waals surface area contributed by atoms with Gasteiger partial charge < -0.3 is 20.6 Å². The molecule has 6 heteroatoms. The minimum absolute atomic E-state index is 0. The molecule has 1 aromatic heterocycles. The first kappa shape index (κ1) is 11.2. The van der Waals surface area contributed by atoms with Crippen LogP contribution in [0.5, 0.6) is 0 Å². The number of aliphatic carboxylic acids is 1. The topological polar surface area (TPSA) is 94.8 Å². The van der Waals surface area contributed by atoms with E-state index in [4.69, 9.17) is 5.73 Å². The van der Waals surface area contributed by atoms with E-state index < -0.39 is 12.0 Å². The molecule has 0 aliphatic heterocycles. The minimum atomic E-state index is -1.25. The monoisotopic (exact) mass is 217 g/mol. The van der Waals surface area contributed by atoms with E-state index in [0.29, 0.717) is 5.69 Å². The van der Waals surface area contributed by atoms with Gasteiger partial charge in [-0.1, -0.05) is 0 Å². The van der Waals surface area contributed by atoms with E-state index in [9.17, 15) is 9.90 Å². The van der Waals surface area contributed by atoms with Gasteiger partial charge >= 0.3 is 17.1 Å². The smallest absolute Gasteiger partial charge is 0.548 e. The van der Waals surface area contributed by atoms with E-state index in [1.807, 2.05) is 0 Å². The molecule has 1 heterocycles. The van der Waals surface area contributed by atoms with Crippen LogP contribution >= 0.6 is 0 Å². The maximum atomic E-state index is 10.2. The number of carboxylic acids is 1. The molecule has 0 spiro atoms. The second-order valence-electron chi connectivity index (χ2n) is 2.21. The third-order valence-corrected chi connectivity index (χ3v) is 1.30. The van der Waals surface area contributed by atoms with Gasteiger partial charge in [0.2, 0.25) is 0 Å². The summed E-state index contributed by atoms with van der Waals surface area (Å²) in [5.41, 5.74) is 5.89. The van der Waals surface area contributed by atoms with Crippen molar-refractivity contribution in [3.63, 3.8) is 0 Å². The van der Waals surface area contributed by atoms with Crippen molar-refractivity contribution >= 4 is 5.97 Å². The molecule has 5 nitrogen and oxygen atoms in total. The van der Waals surface area contributed by atoms with Crippen molar-refractivity contribution in [2.45, 2.75) is 12.5 Å². The number of nitrogens with zero attached hydrogens (tertiary/aromatic N) is 1. The zero-order valence-electron chi connectivity index (χ0n) is 6.08. The summed E-state index contributed by atoms with van der Waals surface area (Å²) < 4.78 is 0. The molecule has 0 saturated heterocycles. The van der Waals surface area contributed by atoms with Crippen molar-refractivity contribution in [3.05, 3.63) is 18.2 Å². The Kier molecular flexibility index (Phi) is 4.58. The summed E-state index contributed by atoms with van der Waals surface area (Å²) in [4.78, 5) is 16.6. The van der Waals surface area contributed by atoms with Gasteiger partial charge in [-0.15, -0.1) is 0 Å². The quantitative estimate of drug-likeness (QED) is 0.574. The molecular weight excluding hydrogens is 210 g/mol. The summed E-state index contributed by atoms with van der Waals surface area (Å²) in [7, 11) is 0. The van der Waals surface area contributed by atoms with Gasteiger partial charge in [0, 0.05) is 24.4 Å². The third kappa shape index (κ3) is 3.04. The largest absolute Gasteiger partial charge is 2.00 e. The van der Waals surface area contributed by atoms with Crippen LogP contribution in [0.25, 0.3) is 0 Å². The number of nitrogens with one attached hydrogen (secondary N) is 1. The Hall–Kier alpha value is -0.841. The Morgan fingerprint density at radius 2 is 2.50 bits per heavy atom. The van der Waals surface area contributed by atoms with Crippen LogP contribution in [-0.4, -0.2) is 22.0 Å². The molecule has 0 unspecified atom stereocenters. The molecule has 0 aromatic carbocycles. The number of H-pyrrole nitrogens is 1. The SMILES string of the molecule is N[C@H](Cc1cnc[nH]1)C(=O)[O-].[Cu+2]. The fourth-order valence-corrected chi connectivity index (χ4v) is 0.717. The minimum Gasteiger partial charge on any atom is -0.548 e. The second-order valence-corrected chi connectivity index (χ2v) is 2.21. The second kappa shape index (κ2) is 4.92. The molecule has 0 aliphatic rings. The van der Waals surface area contributed by atoms with Gasteiger partial charge in [-0.25, -0.2) is 4.98 Å². The van der Waals surface area contributed by atoms with Crippen molar-refractivity contribution < 1.29 is 27.0 Å². The molecule has 12 heavy (non-hydrogen) atoms. The fourth-order valence-electron chi connectivity index (χ4n) is 0.717. The Morgan fingerprint density at radius 1 is 1.83 bits per heavy atom. The van der Waals surface area contributed by atoms with E-state index in [-0.39, 0.29) is 23.5 Å². The number of aromatic amines is 1. The van der Waals surface area contributed by atoms with E-state index in [0.717, 1.165) is 0 Å². The van der Waals surface area contributed by atoms with Gasteiger partial charge in [0.15, 0.2) is 0 Å². The molecule has 0 aliphatic carbocycles. The molecule has 0 fully saturated rings. The van der Waals surface area contributed by atoms with E-state index in [2.05, 4.69) is 9.97 Å². The molecule has 3 N–H and O–H groups in total. The first-order valence-electron chi connectivity index (χ1n) is 3.14. The van der Waals surface area contributed by atoms with Crippen LogP contribution in [0.15, 0.2) is 12.5 Å². The fraction of sp³-hybridized carbons (Fsp3) is 0.333. The van der Waals surface area contributed by atoms with Crippen molar-refractivity contribution in [2.24, 2.45) is 5.73 Å². The molecular formula is C6H8CuN3O2+. The van der Waals surface area contributed by atoms with E-state index in [1.54, 1.807) is 0 Å².